The Balaban J connectivity index is 1.38. The van der Waals surface area contributed by atoms with Crippen molar-refractivity contribution in [3.63, 3.8) is 0 Å². The van der Waals surface area contributed by atoms with Crippen LogP contribution < -0.4 is 10.2 Å². The fourth-order valence-electron chi connectivity index (χ4n) is 3.53. The highest BCUT2D eigenvalue weighted by atomic mass is 15.4. The van der Waals surface area contributed by atoms with E-state index >= 15 is 0 Å². The van der Waals surface area contributed by atoms with Crippen molar-refractivity contribution in [3.8, 4) is 0 Å². The molecule has 1 fully saturated rings. The lowest BCUT2D eigenvalue weighted by Crippen LogP contribution is -2.46. The monoisotopic (exact) mass is 374 g/mol. The fraction of sp³-hybridized carbons (Fsp3) is 0.318. The van der Waals surface area contributed by atoms with E-state index in [1.165, 1.54) is 16.7 Å². The van der Waals surface area contributed by atoms with Gasteiger partial charge in [0.05, 0.1) is 6.20 Å². The maximum atomic E-state index is 4.69. The smallest absolute Gasteiger partial charge is 0.247 e. The standard InChI is InChI=1S/C22H26N6/c1-17-8-9-20(18(2)14-17)24-21-15-23-26-22(25-21)28-12-10-27(11-13-28)16-19-6-4-3-5-7-19/h3-9,14-15H,10-13,16H2,1-2H3,(H,24,25,26). The molecule has 0 saturated carbocycles. The lowest BCUT2D eigenvalue weighted by atomic mass is 10.1. The molecule has 2 aromatic carbocycles. The number of hydrogen-bond donors (Lipinski definition) is 1. The van der Waals surface area contributed by atoms with E-state index in [9.17, 15) is 0 Å². The van der Waals surface area contributed by atoms with Gasteiger partial charge < -0.3 is 10.2 Å². The van der Waals surface area contributed by atoms with Gasteiger partial charge in [-0.15, -0.1) is 5.10 Å². The summed E-state index contributed by atoms with van der Waals surface area (Å²) in [5, 5.41) is 11.8. The van der Waals surface area contributed by atoms with Crippen LogP contribution >= 0.6 is 0 Å². The molecule has 4 rings (SSSR count). The van der Waals surface area contributed by atoms with Crippen molar-refractivity contribution in [3.05, 3.63) is 71.4 Å². The number of aromatic nitrogens is 3. The van der Waals surface area contributed by atoms with Crippen LogP contribution in [0.15, 0.2) is 54.7 Å². The predicted molar refractivity (Wildman–Crippen MR) is 113 cm³/mol. The number of hydrogen-bond acceptors (Lipinski definition) is 6. The number of rotatable bonds is 5. The third-order valence-electron chi connectivity index (χ3n) is 5.10. The first-order valence-electron chi connectivity index (χ1n) is 9.72. The molecular formula is C22H26N6. The largest absolute Gasteiger partial charge is 0.339 e. The predicted octanol–water partition coefficient (Wildman–Crippen LogP) is 3.55. The molecule has 1 saturated heterocycles. The zero-order valence-electron chi connectivity index (χ0n) is 16.5. The number of nitrogens with one attached hydrogen (secondary N) is 1. The summed E-state index contributed by atoms with van der Waals surface area (Å²) in [6.45, 7) is 8.97. The molecule has 1 N–H and O–H groups in total. The Bertz CT molecular complexity index is 919. The molecular weight excluding hydrogens is 348 g/mol. The third kappa shape index (κ3) is 4.46. The molecule has 0 aliphatic carbocycles. The molecule has 144 valence electrons. The first kappa shape index (κ1) is 18.4. The zero-order valence-corrected chi connectivity index (χ0v) is 16.5. The minimum absolute atomic E-state index is 0.689. The van der Waals surface area contributed by atoms with Crippen LogP contribution in [0.25, 0.3) is 0 Å². The van der Waals surface area contributed by atoms with Gasteiger partial charge in [-0.05, 0) is 31.0 Å². The highest BCUT2D eigenvalue weighted by molar-refractivity contribution is 5.61. The Labute approximate surface area is 166 Å². The van der Waals surface area contributed by atoms with Gasteiger partial charge in [0.2, 0.25) is 5.95 Å². The Hall–Kier alpha value is -2.99. The van der Waals surface area contributed by atoms with Gasteiger partial charge in [0.1, 0.15) is 0 Å². The van der Waals surface area contributed by atoms with Gasteiger partial charge in [0.25, 0.3) is 0 Å². The maximum Gasteiger partial charge on any atom is 0.247 e. The van der Waals surface area contributed by atoms with E-state index < -0.39 is 0 Å². The second kappa shape index (κ2) is 8.35. The van der Waals surface area contributed by atoms with Crippen LogP contribution in [-0.2, 0) is 6.54 Å². The summed E-state index contributed by atoms with van der Waals surface area (Å²) in [4.78, 5) is 9.37. The van der Waals surface area contributed by atoms with Crippen molar-refractivity contribution >= 4 is 17.5 Å². The Kier molecular flexibility index (Phi) is 5.48. The van der Waals surface area contributed by atoms with E-state index in [1.54, 1.807) is 6.20 Å². The van der Waals surface area contributed by atoms with Crippen LogP contribution in [0.4, 0.5) is 17.5 Å². The number of aryl methyl sites for hydroxylation is 2. The summed E-state index contributed by atoms with van der Waals surface area (Å²) < 4.78 is 0. The number of nitrogens with zero attached hydrogens (tertiary/aromatic N) is 5. The zero-order chi connectivity index (χ0) is 19.3. The summed E-state index contributed by atoms with van der Waals surface area (Å²) in [6.07, 6.45) is 1.68. The maximum absolute atomic E-state index is 4.69. The van der Waals surface area contributed by atoms with Crippen molar-refractivity contribution in [2.24, 2.45) is 0 Å². The summed E-state index contributed by atoms with van der Waals surface area (Å²) >= 11 is 0. The summed E-state index contributed by atoms with van der Waals surface area (Å²) in [7, 11) is 0. The fourth-order valence-corrected chi connectivity index (χ4v) is 3.53. The molecule has 1 aromatic heterocycles. The molecule has 2 heterocycles. The van der Waals surface area contributed by atoms with Gasteiger partial charge in [0.15, 0.2) is 5.82 Å². The Morgan fingerprint density at radius 2 is 1.75 bits per heavy atom. The molecule has 0 amide bonds. The minimum Gasteiger partial charge on any atom is -0.339 e. The third-order valence-corrected chi connectivity index (χ3v) is 5.10. The van der Waals surface area contributed by atoms with Crippen molar-refractivity contribution in [2.45, 2.75) is 20.4 Å². The molecule has 3 aromatic rings. The second-order valence-corrected chi connectivity index (χ2v) is 7.33. The minimum atomic E-state index is 0.689. The molecule has 1 aliphatic rings. The molecule has 6 nitrogen and oxygen atoms in total. The Morgan fingerprint density at radius 1 is 0.964 bits per heavy atom. The molecule has 6 heteroatoms. The van der Waals surface area contributed by atoms with Crippen molar-refractivity contribution in [1.82, 2.24) is 20.1 Å². The average molecular weight is 374 g/mol. The normalized spacial score (nSPS) is 14.9. The van der Waals surface area contributed by atoms with Crippen LogP contribution in [0.2, 0.25) is 0 Å². The topological polar surface area (TPSA) is 57.2 Å². The van der Waals surface area contributed by atoms with Crippen molar-refractivity contribution < 1.29 is 0 Å². The lowest BCUT2D eigenvalue weighted by Gasteiger charge is -2.34. The Morgan fingerprint density at radius 3 is 2.50 bits per heavy atom. The molecule has 0 radical (unpaired) electrons. The van der Waals surface area contributed by atoms with Gasteiger partial charge in [0, 0.05) is 38.4 Å². The molecule has 0 spiro atoms. The van der Waals surface area contributed by atoms with E-state index in [-0.39, 0.29) is 0 Å². The number of piperazine rings is 1. The van der Waals surface area contributed by atoms with E-state index in [1.807, 2.05) is 0 Å². The summed E-state index contributed by atoms with van der Waals surface area (Å²) in [5.74, 6) is 1.41. The van der Waals surface area contributed by atoms with E-state index in [2.05, 4.69) is 92.7 Å². The summed E-state index contributed by atoms with van der Waals surface area (Å²) in [5.41, 5.74) is 4.84. The van der Waals surface area contributed by atoms with Crippen molar-refractivity contribution in [2.75, 3.05) is 36.4 Å². The average Bonchev–Trinajstić information content (AvgIpc) is 2.72. The van der Waals surface area contributed by atoms with Gasteiger partial charge in [-0.3, -0.25) is 4.90 Å². The van der Waals surface area contributed by atoms with E-state index in [0.717, 1.165) is 44.2 Å². The van der Waals surface area contributed by atoms with E-state index in [0.29, 0.717) is 5.95 Å². The van der Waals surface area contributed by atoms with Crippen LogP contribution in [0.3, 0.4) is 0 Å². The van der Waals surface area contributed by atoms with Gasteiger partial charge in [-0.1, -0.05) is 48.0 Å². The van der Waals surface area contributed by atoms with Crippen LogP contribution in [0, 0.1) is 13.8 Å². The van der Waals surface area contributed by atoms with Crippen molar-refractivity contribution in [1.29, 1.82) is 0 Å². The molecule has 1 aliphatic heterocycles. The molecule has 0 atom stereocenters. The quantitative estimate of drug-likeness (QED) is 0.737. The van der Waals surface area contributed by atoms with Gasteiger partial charge in [-0.25, -0.2) is 0 Å². The van der Waals surface area contributed by atoms with Crippen LogP contribution in [0.1, 0.15) is 16.7 Å². The first-order chi connectivity index (χ1) is 13.7. The number of anilines is 3. The highest BCUT2D eigenvalue weighted by Gasteiger charge is 2.19. The van der Waals surface area contributed by atoms with Gasteiger partial charge in [-0.2, -0.15) is 10.1 Å². The first-order valence-corrected chi connectivity index (χ1v) is 9.72. The number of benzene rings is 2. The molecule has 28 heavy (non-hydrogen) atoms. The van der Waals surface area contributed by atoms with E-state index in [4.69, 9.17) is 0 Å². The van der Waals surface area contributed by atoms with Crippen LogP contribution in [-0.4, -0.2) is 46.3 Å². The second-order valence-electron chi connectivity index (χ2n) is 7.33. The SMILES string of the molecule is Cc1ccc(Nc2cnnc(N3CCN(Cc4ccccc4)CC3)n2)c(C)c1. The van der Waals surface area contributed by atoms with Gasteiger partial charge >= 0.3 is 0 Å². The molecule has 0 bridgehead atoms. The van der Waals surface area contributed by atoms with Crippen LogP contribution in [0.5, 0.6) is 0 Å². The molecule has 0 unspecified atom stereocenters. The summed E-state index contributed by atoms with van der Waals surface area (Å²) in [6, 6.07) is 16.9. The lowest BCUT2D eigenvalue weighted by molar-refractivity contribution is 0.248. The highest BCUT2D eigenvalue weighted by Crippen LogP contribution is 2.21.